The zero-order chi connectivity index (χ0) is 12.8. The standard InChI is InChI=1S/C14H22ClN3/c1-16-7-6-13-4-2-3-9-18(13)11-12-5-8-17-14(15)10-12/h5,8,10,13,16H,2-4,6-7,9,11H2,1H3. The first-order valence-corrected chi connectivity index (χ1v) is 7.16. The lowest BCUT2D eigenvalue weighted by Gasteiger charge is -2.35. The van der Waals surface area contributed by atoms with Gasteiger partial charge in [-0.3, -0.25) is 4.90 Å². The van der Waals surface area contributed by atoms with Crippen LogP contribution in [0.4, 0.5) is 0 Å². The van der Waals surface area contributed by atoms with Crippen LogP contribution in [0.1, 0.15) is 31.2 Å². The van der Waals surface area contributed by atoms with Crippen LogP contribution in [0, 0.1) is 0 Å². The Labute approximate surface area is 115 Å². The number of hydrogen-bond donors (Lipinski definition) is 1. The summed E-state index contributed by atoms with van der Waals surface area (Å²) < 4.78 is 0. The van der Waals surface area contributed by atoms with E-state index in [0.29, 0.717) is 11.2 Å². The number of rotatable bonds is 5. The van der Waals surface area contributed by atoms with Crippen LogP contribution in [0.15, 0.2) is 18.3 Å². The third-order valence-corrected chi connectivity index (χ3v) is 3.86. The fraction of sp³-hybridized carbons (Fsp3) is 0.643. The van der Waals surface area contributed by atoms with E-state index in [-0.39, 0.29) is 0 Å². The largest absolute Gasteiger partial charge is 0.320 e. The lowest BCUT2D eigenvalue weighted by molar-refractivity contribution is 0.132. The molecule has 1 fully saturated rings. The van der Waals surface area contributed by atoms with Crippen molar-refractivity contribution >= 4 is 11.6 Å². The van der Waals surface area contributed by atoms with Gasteiger partial charge in [0.2, 0.25) is 0 Å². The van der Waals surface area contributed by atoms with Gasteiger partial charge >= 0.3 is 0 Å². The van der Waals surface area contributed by atoms with Gasteiger partial charge in [-0.05, 0) is 57.1 Å². The summed E-state index contributed by atoms with van der Waals surface area (Å²) in [4.78, 5) is 6.63. The van der Waals surface area contributed by atoms with Gasteiger partial charge in [0.15, 0.2) is 0 Å². The molecular weight excluding hydrogens is 246 g/mol. The lowest BCUT2D eigenvalue weighted by atomic mass is 9.98. The highest BCUT2D eigenvalue weighted by Gasteiger charge is 2.21. The highest BCUT2D eigenvalue weighted by molar-refractivity contribution is 6.29. The number of likely N-dealkylation sites (tertiary alicyclic amines) is 1. The average Bonchev–Trinajstić information content (AvgIpc) is 2.38. The van der Waals surface area contributed by atoms with Crippen LogP contribution in [0.2, 0.25) is 5.15 Å². The van der Waals surface area contributed by atoms with Gasteiger partial charge < -0.3 is 5.32 Å². The molecule has 0 aromatic carbocycles. The van der Waals surface area contributed by atoms with Crippen LogP contribution in [-0.4, -0.2) is 36.1 Å². The SMILES string of the molecule is CNCCC1CCCCN1Cc1ccnc(Cl)c1. The average molecular weight is 268 g/mol. The molecule has 100 valence electrons. The lowest BCUT2D eigenvalue weighted by Crippen LogP contribution is -2.40. The Balaban J connectivity index is 1.96. The zero-order valence-corrected chi connectivity index (χ0v) is 11.8. The molecule has 3 nitrogen and oxygen atoms in total. The monoisotopic (exact) mass is 267 g/mol. The first kappa shape index (κ1) is 13.8. The number of pyridine rings is 1. The maximum atomic E-state index is 5.94. The second-order valence-electron chi connectivity index (χ2n) is 5.00. The van der Waals surface area contributed by atoms with Crippen molar-refractivity contribution in [2.45, 2.75) is 38.3 Å². The smallest absolute Gasteiger partial charge is 0.129 e. The van der Waals surface area contributed by atoms with Crippen molar-refractivity contribution in [3.8, 4) is 0 Å². The number of halogens is 1. The summed E-state index contributed by atoms with van der Waals surface area (Å²) >= 11 is 5.94. The van der Waals surface area contributed by atoms with Gasteiger partial charge in [-0.25, -0.2) is 4.98 Å². The molecule has 0 amide bonds. The van der Waals surface area contributed by atoms with Gasteiger partial charge in [0, 0.05) is 18.8 Å². The maximum absolute atomic E-state index is 5.94. The van der Waals surface area contributed by atoms with E-state index in [4.69, 9.17) is 11.6 Å². The van der Waals surface area contributed by atoms with Crippen molar-refractivity contribution < 1.29 is 0 Å². The Morgan fingerprint density at radius 1 is 1.50 bits per heavy atom. The molecule has 1 aromatic rings. The minimum atomic E-state index is 0.594. The van der Waals surface area contributed by atoms with Crippen molar-refractivity contribution in [3.05, 3.63) is 29.0 Å². The van der Waals surface area contributed by atoms with Gasteiger partial charge in [0.25, 0.3) is 0 Å². The molecule has 2 heterocycles. The summed E-state index contributed by atoms with van der Waals surface area (Å²) in [6, 6.07) is 4.75. The van der Waals surface area contributed by atoms with E-state index in [1.54, 1.807) is 6.20 Å². The molecule has 0 aliphatic carbocycles. The molecule has 18 heavy (non-hydrogen) atoms. The second-order valence-corrected chi connectivity index (χ2v) is 5.39. The van der Waals surface area contributed by atoms with E-state index in [1.807, 2.05) is 13.1 Å². The molecule has 0 saturated carbocycles. The third kappa shape index (κ3) is 3.94. The first-order valence-electron chi connectivity index (χ1n) is 6.78. The molecule has 1 unspecified atom stereocenters. The van der Waals surface area contributed by atoms with Gasteiger partial charge in [-0.15, -0.1) is 0 Å². The summed E-state index contributed by atoms with van der Waals surface area (Å²) in [7, 11) is 2.02. The quantitative estimate of drug-likeness (QED) is 0.832. The van der Waals surface area contributed by atoms with E-state index in [9.17, 15) is 0 Å². The van der Waals surface area contributed by atoms with E-state index in [0.717, 1.165) is 13.1 Å². The highest BCUT2D eigenvalue weighted by atomic mass is 35.5. The Morgan fingerprint density at radius 3 is 3.17 bits per heavy atom. The Bertz CT molecular complexity index is 370. The van der Waals surface area contributed by atoms with Crippen molar-refractivity contribution in [1.82, 2.24) is 15.2 Å². The molecular formula is C14H22ClN3. The fourth-order valence-corrected chi connectivity index (χ4v) is 2.88. The van der Waals surface area contributed by atoms with Gasteiger partial charge in [-0.1, -0.05) is 18.0 Å². The number of hydrogen-bond acceptors (Lipinski definition) is 3. The second kappa shape index (κ2) is 7.07. The molecule has 1 N–H and O–H groups in total. The van der Waals surface area contributed by atoms with Crippen LogP contribution in [0.3, 0.4) is 0 Å². The predicted octanol–water partition coefficient (Wildman–Crippen LogP) is 2.70. The summed E-state index contributed by atoms with van der Waals surface area (Å²) in [5.74, 6) is 0. The van der Waals surface area contributed by atoms with Crippen molar-refractivity contribution in [3.63, 3.8) is 0 Å². The number of nitrogens with one attached hydrogen (secondary N) is 1. The maximum Gasteiger partial charge on any atom is 0.129 e. The molecule has 4 heteroatoms. The molecule has 1 aromatic heterocycles. The zero-order valence-electron chi connectivity index (χ0n) is 11.0. The molecule has 1 atom stereocenters. The Kier molecular flexibility index (Phi) is 5.42. The first-order chi connectivity index (χ1) is 8.79. The van der Waals surface area contributed by atoms with E-state index in [2.05, 4.69) is 21.3 Å². The molecule has 0 bridgehead atoms. The summed E-state index contributed by atoms with van der Waals surface area (Å²) in [6.45, 7) is 3.29. The van der Waals surface area contributed by atoms with Crippen LogP contribution in [0.25, 0.3) is 0 Å². The molecule has 0 spiro atoms. The normalized spacial score (nSPS) is 21.1. The topological polar surface area (TPSA) is 28.2 Å². The number of aromatic nitrogens is 1. The summed E-state index contributed by atoms with van der Waals surface area (Å²) in [6.07, 6.45) is 7.02. The van der Waals surface area contributed by atoms with E-state index in [1.165, 1.54) is 37.8 Å². The molecule has 2 rings (SSSR count). The van der Waals surface area contributed by atoms with Gasteiger partial charge in [0.1, 0.15) is 5.15 Å². The van der Waals surface area contributed by atoms with Gasteiger partial charge in [0.05, 0.1) is 0 Å². The van der Waals surface area contributed by atoms with Crippen LogP contribution < -0.4 is 5.32 Å². The summed E-state index contributed by atoms with van der Waals surface area (Å²) in [5.41, 5.74) is 1.27. The molecule has 1 aliphatic rings. The number of piperidine rings is 1. The van der Waals surface area contributed by atoms with Gasteiger partial charge in [-0.2, -0.15) is 0 Å². The molecule has 0 radical (unpaired) electrons. The third-order valence-electron chi connectivity index (χ3n) is 3.65. The van der Waals surface area contributed by atoms with E-state index >= 15 is 0 Å². The summed E-state index contributed by atoms with van der Waals surface area (Å²) in [5, 5.41) is 3.84. The minimum absolute atomic E-state index is 0.594. The van der Waals surface area contributed by atoms with Crippen molar-refractivity contribution in [1.29, 1.82) is 0 Å². The fourth-order valence-electron chi connectivity index (χ4n) is 2.68. The van der Waals surface area contributed by atoms with Crippen LogP contribution >= 0.6 is 11.6 Å². The minimum Gasteiger partial charge on any atom is -0.320 e. The van der Waals surface area contributed by atoms with Crippen molar-refractivity contribution in [2.75, 3.05) is 20.1 Å². The molecule has 1 saturated heterocycles. The van der Waals surface area contributed by atoms with Crippen LogP contribution in [-0.2, 0) is 6.54 Å². The van der Waals surface area contributed by atoms with E-state index < -0.39 is 0 Å². The Morgan fingerprint density at radius 2 is 2.39 bits per heavy atom. The predicted molar refractivity (Wildman–Crippen MR) is 75.8 cm³/mol. The Hall–Kier alpha value is -0.640. The molecule has 1 aliphatic heterocycles. The highest BCUT2D eigenvalue weighted by Crippen LogP contribution is 2.22. The van der Waals surface area contributed by atoms with Crippen LogP contribution in [0.5, 0.6) is 0 Å². The number of nitrogens with zero attached hydrogens (tertiary/aromatic N) is 2. The van der Waals surface area contributed by atoms with Crippen molar-refractivity contribution in [2.24, 2.45) is 0 Å².